The number of para-hydroxylation sites is 2. The molecule has 6 heteroatoms. The van der Waals surface area contributed by atoms with E-state index in [-0.39, 0.29) is 10.8 Å². The lowest BCUT2D eigenvalue weighted by atomic mass is 9.86. The highest BCUT2D eigenvalue weighted by Gasteiger charge is 2.28. The van der Waals surface area contributed by atoms with Crippen molar-refractivity contribution in [2.45, 2.75) is 58.9 Å². The van der Waals surface area contributed by atoms with Crippen LogP contribution in [-0.4, -0.2) is 21.2 Å². The molecular formula is C50H47N5O. The first-order valence-electron chi connectivity index (χ1n) is 19.4. The van der Waals surface area contributed by atoms with Crippen LogP contribution in [0.5, 0.6) is 11.5 Å². The number of benzene rings is 6. The Kier molecular flexibility index (Phi) is 8.65. The van der Waals surface area contributed by atoms with E-state index < -0.39 is 0 Å². The second kappa shape index (κ2) is 13.7. The molecule has 0 amide bonds. The Labute approximate surface area is 329 Å². The van der Waals surface area contributed by atoms with E-state index in [1.165, 1.54) is 33.6 Å². The van der Waals surface area contributed by atoms with Crippen LogP contribution < -0.4 is 14.5 Å². The standard InChI is InChI=1S/C50H47N5O/c1-49(2,3)37-26-39(54-33-53(32-34-15-9-7-10-16-34)45-19-13-14-20-46(45)54)28-41(27-37)56-40-22-23-42-43-25-36(35-17-11-8-12-18-35)21-24-44(43)55(47(42)29-40)48-51-30-38(31-52-48)50(4,5)6/h7-31H,32-33H2,1-6H3. The zero-order chi connectivity index (χ0) is 38.6. The smallest absolute Gasteiger partial charge is 0.234 e. The van der Waals surface area contributed by atoms with Gasteiger partial charge in [-0.25, -0.2) is 9.97 Å². The lowest BCUT2D eigenvalue weighted by Gasteiger charge is -2.26. The van der Waals surface area contributed by atoms with Gasteiger partial charge in [0.25, 0.3) is 0 Å². The third-order valence-electron chi connectivity index (χ3n) is 10.9. The van der Waals surface area contributed by atoms with E-state index in [2.05, 4.69) is 195 Å². The SMILES string of the molecule is CC(C)(C)c1cnc(-n2c3ccc(-c4ccccc4)cc3c3ccc(Oc4cc(N5CN(Cc6ccccc6)c6ccccc65)cc(C(C)(C)C)c4)cc32)nc1. The number of fused-ring (bicyclic) bond motifs is 4. The summed E-state index contributed by atoms with van der Waals surface area (Å²) in [6.07, 6.45) is 3.91. The molecule has 1 aliphatic heterocycles. The van der Waals surface area contributed by atoms with Gasteiger partial charge in [-0.1, -0.05) is 120 Å². The molecule has 0 bridgehead atoms. The number of anilines is 3. The molecule has 3 heterocycles. The summed E-state index contributed by atoms with van der Waals surface area (Å²) < 4.78 is 9.05. The van der Waals surface area contributed by atoms with Crippen LogP contribution in [-0.2, 0) is 17.4 Å². The van der Waals surface area contributed by atoms with Gasteiger partial charge in [-0.05, 0) is 87.2 Å². The van der Waals surface area contributed by atoms with Crippen LogP contribution >= 0.6 is 0 Å². The summed E-state index contributed by atoms with van der Waals surface area (Å²) in [7, 11) is 0. The van der Waals surface area contributed by atoms with Crippen molar-refractivity contribution in [3.63, 3.8) is 0 Å². The van der Waals surface area contributed by atoms with Gasteiger partial charge in [0.1, 0.15) is 11.5 Å². The van der Waals surface area contributed by atoms with E-state index in [1.54, 1.807) is 0 Å². The van der Waals surface area contributed by atoms with Gasteiger partial charge >= 0.3 is 0 Å². The Morgan fingerprint density at radius 1 is 0.554 bits per heavy atom. The van der Waals surface area contributed by atoms with Crippen LogP contribution in [0.4, 0.5) is 17.1 Å². The first-order valence-corrected chi connectivity index (χ1v) is 19.4. The normalized spacial score (nSPS) is 13.1. The van der Waals surface area contributed by atoms with Crippen LogP contribution in [0.3, 0.4) is 0 Å². The van der Waals surface area contributed by atoms with Gasteiger partial charge in [-0.15, -0.1) is 0 Å². The molecule has 0 saturated carbocycles. The monoisotopic (exact) mass is 733 g/mol. The van der Waals surface area contributed by atoms with Crippen LogP contribution in [0, 0.1) is 0 Å². The van der Waals surface area contributed by atoms with Gasteiger partial charge in [-0.3, -0.25) is 4.57 Å². The second-order valence-corrected chi connectivity index (χ2v) is 16.9. The molecule has 6 aromatic carbocycles. The van der Waals surface area contributed by atoms with E-state index in [1.807, 2.05) is 12.4 Å². The van der Waals surface area contributed by atoms with Crippen LogP contribution in [0.1, 0.15) is 58.2 Å². The molecular weight excluding hydrogens is 687 g/mol. The number of nitrogens with zero attached hydrogens (tertiary/aromatic N) is 5. The zero-order valence-corrected chi connectivity index (χ0v) is 33.0. The molecule has 9 rings (SSSR count). The van der Waals surface area contributed by atoms with Crippen molar-refractivity contribution in [1.82, 2.24) is 14.5 Å². The third kappa shape index (κ3) is 6.66. The first kappa shape index (κ1) is 35.3. The largest absolute Gasteiger partial charge is 0.457 e. The summed E-state index contributed by atoms with van der Waals surface area (Å²) in [5.41, 5.74) is 11.3. The van der Waals surface area contributed by atoms with E-state index in [9.17, 15) is 0 Å². The van der Waals surface area contributed by atoms with Gasteiger partial charge in [0.15, 0.2) is 0 Å². The van der Waals surface area contributed by atoms with Crippen LogP contribution in [0.25, 0.3) is 38.9 Å². The Hall–Kier alpha value is -6.40. The van der Waals surface area contributed by atoms with Crippen molar-refractivity contribution < 1.29 is 4.74 Å². The summed E-state index contributed by atoms with van der Waals surface area (Å²) in [6, 6.07) is 49.6. The fourth-order valence-corrected chi connectivity index (χ4v) is 7.72. The molecule has 0 N–H and O–H groups in total. The highest BCUT2D eigenvalue weighted by Crippen LogP contribution is 2.44. The van der Waals surface area contributed by atoms with Gasteiger partial charge in [0.2, 0.25) is 5.95 Å². The lowest BCUT2D eigenvalue weighted by Crippen LogP contribution is -2.27. The van der Waals surface area contributed by atoms with Crippen molar-refractivity contribution in [3.05, 3.63) is 169 Å². The Morgan fingerprint density at radius 2 is 1.23 bits per heavy atom. The van der Waals surface area contributed by atoms with E-state index in [4.69, 9.17) is 14.7 Å². The Balaban J connectivity index is 1.13. The van der Waals surface area contributed by atoms with Crippen molar-refractivity contribution >= 4 is 38.9 Å². The number of aromatic nitrogens is 3. The summed E-state index contributed by atoms with van der Waals surface area (Å²) in [5.74, 6) is 2.18. The van der Waals surface area contributed by atoms with Gasteiger partial charge < -0.3 is 14.5 Å². The van der Waals surface area contributed by atoms with Gasteiger partial charge in [0, 0.05) is 47.5 Å². The number of hydrogen-bond donors (Lipinski definition) is 0. The van der Waals surface area contributed by atoms with E-state index >= 15 is 0 Å². The zero-order valence-electron chi connectivity index (χ0n) is 33.0. The molecule has 1 aliphatic rings. The van der Waals surface area contributed by atoms with Crippen molar-refractivity contribution in [1.29, 1.82) is 0 Å². The lowest BCUT2D eigenvalue weighted by molar-refractivity contribution is 0.479. The number of ether oxygens (including phenoxy) is 1. The minimum Gasteiger partial charge on any atom is -0.457 e. The van der Waals surface area contributed by atoms with Crippen molar-refractivity contribution in [2.24, 2.45) is 0 Å². The quantitative estimate of drug-likeness (QED) is 0.163. The summed E-state index contributed by atoms with van der Waals surface area (Å²) in [4.78, 5) is 14.7. The highest BCUT2D eigenvalue weighted by atomic mass is 16.5. The van der Waals surface area contributed by atoms with E-state index in [0.29, 0.717) is 5.95 Å². The minimum absolute atomic E-state index is 0.0529. The van der Waals surface area contributed by atoms with Gasteiger partial charge in [-0.2, -0.15) is 0 Å². The molecule has 8 aromatic rings. The molecule has 0 radical (unpaired) electrons. The topological polar surface area (TPSA) is 46.4 Å². The molecule has 0 saturated heterocycles. The molecule has 278 valence electrons. The fraction of sp³-hybridized carbons (Fsp3) is 0.200. The molecule has 0 aliphatic carbocycles. The van der Waals surface area contributed by atoms with Crippen molar-refractivity contribution in [3.8, 4) is 28.6 Å². The Morgan fingerprint density at radius 3 is 1.95 bits per heavy atom. The minimum atomic E-state index is -0.0967. The molecule has 6 nitrogen and oxygen atoms in total. The maximum absolute atomic E-state index is 6.88. The number of hydrogen-bond acceptors (Lipinski definition) is 5. The summed E-state index contributed by atoms with van der Waals surface area (Å²) in [5, 5.41) is 2.26. The predicted molar refractivity (Wildman–Crippen MR) is 232 cm³/mol. The predicted octanol–water partition coefficient (Wildman–Crippen LogP) is 12.7. The molecule has 56 heavy (non-hydrogen) atoms. The first-order chi connectivity index (χ1) is 27.0. The maximum Gasteiger partial charge on any atom is 0.234 e. The Bertz CT molecular complexity index is 2690. The second-order valence-electron chi connectivity index (χ2n) is 16.9. The van der Waals surface area contributed by atoms with Crippen LogP contribution in [0.2, 0.25) is 0 Å². The maximum atomic E-state index is 6.88. The van der Waals surface area contributed by atoms with Crippen LogP contribution in [0.15, 0.2) is 152 Å². The molecule has 0 unspecified atom stereocenters. The fourth-order valence-electron chi connectivity index (χ4n) is 7.72. The average Bonchev–Trinajstić information content (AvgIpc) is 3.73. The highest BCUT2D eigenvalue weighted by molar-refractivity contribution is 6.10. The average molecular weight is 734 g/mol. The molecule has 0 atom stereocenters. The third-order valence-corrected chi connectivity index (χ3v) is 10.9. The molecule has 0 fully saturated rings. The van der Waals surface area contributed by atoms with Gasteiger partial charge in [0.05, 0.1) is 29.1 Å². The molecule has 0 spiro atoms. The summed E-state index contributed by atoms with van der Waals surface area (Å²) >= 11 is 0. The van der Waals surface area contributed by atoms with Crippen molar-refractivity contribution in [2.75, 3.05) is 16.5 Å². The molecule has 2 aromatic heterocycles. The van der Waals surface area contributed by atoms with E-state index in [0.717, 1.165) is 57.8 Å². The number of rotatable bonds is 7. The summed E-state index contributed by atoms with van der Waals surface area (Å²) in [6.45, 7) is 14.9.